The molecule has 0 radical (unpaired) electrons. The smallest absolute Gasteiger partial charge is 0.265 e. The lowest BCUT2D eigenvalue weighted by atomic mass is 9.75. The van der Waals surface area contributed by atoms with Gasteiger partial charge in [-0.25, -0.2) is 0 Å². The van der Waals surface area contributed by atoms with Crippen LogP contribution in [0.5, 0.6) is 5.75 Å². The number of methoxy groups -OCH3 is 1. The van der Waals surface area contributed by atoms with Crippen LogP contribution in [-0.4, -0.2) is 23.5 Å². The fraction of sp³-hybridized carbons (Fsp3) is 0.600. The van der Waals surface area contributed by atoms with Gasteiger partial charge in [-0.1, -0.05) is 25.6 Å². The number of amides is 1. The zero-order chi connectivity index (χ0) is 15.5. The van der Waals surface area contributed by atoms with E-state index in [0.29, 0.717) is 21.5 Å². The molecule has 0 unspecified atom stereocenters. The summed E-state index contributed by atoms with van der Waals surface area (Å²) < 4.78 is 5.21. The number of carbonyl (C=O) groups excluding carboxylic acids is 1. The molecular formula is C15H22N2O2S2. The third-order valence-corrected chi connectivity index (χ3v) is 5.70. The molecule has 116 valence electrons. The van der Waals surface area contributed by atoms with Crippen LogP contribution in [-0.2, 0) is 0 Å². The number of hydrogen-bond donors (Lipinski definition) is 2. The van der Waals surface area contributed by atoms with E-state index in [1.165, 1.54) is 17.8 Å². The zero-order valence-electron chi connectivity index (χ0n) is 12.5. The number of nitrogens with one attached hydrogen (secondary N) is 1. The Morgan fingerprint density at radius 1 is 1.57 bits per heavy atom. The maximum atomic E-state index is 12.5. The Kier molecular flexibility index (Phi) is 5.22. The summed E-state index contributed by atoms with van der Waals surface area (Å²) in [7, 11) is 1.56. The topological polar surface area (TPSA) is 64.3 Å². The van der Waals surface area contributed by atoms with Crippen LogP contribution in [0.2, 0.25) is 0 Å². The first kappa shape index (κ1) is 16.2. The van der Waals surface area contributed by atoms with Crippen molar-refractivity contribution in [3.05, 3.63) is 16.3 Å². The monoisotopic (exact) mass is 326 g/mol. The molecule has 0 aliphatic heterocycles. The number of ether oxygens (including phenoxy) is 1. The van der Waals surface area contributed by atoms with Gasteiger partial charge in [-0.3, -0.25) is 4.79 Å². The molecule has 0 bridgehead atoms. The van der Waals surface area contributed by atoms with Crippen molar-refractivity contribution in [1.29, 1.82) is 0 Å². The van der Waals surface area contributed by atoms with Crippen LogP contribution in [0.1, 0.15) is 48.7 Å². The van der Waals surface area contributed by atoms with Gasteiger partial charge < -0.3 is 15.8 Å². The van der Waals surface area contributed by atoms with Crippen LogP contribution < -0.4 is 15.8 Å². The lowest BCUT2D eigenvalue weighted by Crippen LogP contribution is -2.58. The summed E-state index contributed by atoms with van der Waals surface area (Å²) in [6, 6.07) is 1.79. The predicted octanol–water partition coefficient (Wildman–Crippen LogP) is 3.11. The average Bonchev–Trinajstić information content (AvgIpc) is 2.96. The van der Waals surface area contributed by atoms with Gasteiger partial charge in [0.15, 0.2) is 0 Å². The van der Waals surface area contributed by atoms with E-state index < -0.39 is 5.54 Å². The van der Waals surface area contributed by atoms with Gasteiger partial charge in [-0.05, 0) is 43.0 Å². The highest BCUT2D eigenvalue weighted by Gasteiger charge is 2.39. The molecule has 1 saturated carbocycles. The maximum absolute atomic E-state index is 12.5. The number of nitrogens with two attached hydrogens (primary N) is 1. The summed E-state index contributed by atoms with van der Waals surface area (Å²) in [6.45, 7) is 2.20. The van der Waals surface area contributed by atoms with E-state index in [0.717, 1.165) is 25.7 Å². The minimum atomic E-state index is -0.549. The molecule has 6 heteroatoms. The normalized spacial score (nSPS) is 25.3. The molecule has 1 amide bonds. The van der Waals surface area contributed by atoms with E-state index >= 15 is 0 Å². The largest absolute Gasteiger partial charge is 0.495 e. The molecule has 4 nitrogen and oxygen atoms in total. The highest BCUT2D eigenvalue weighted by molar-refractivity contribution is 7.80. The van der Waals surface area contributed by atoms with E-state index in [1.807, 2.05) is 5.38 Å². The Hall–Kier alpha value is -1.14. The van der Waals surface area contributed by atoms with Gasteiger partial charge in [0, 0.05) is 0 Å². The zero-order valence-corrected chi connectivity index (χ0v) is 14.1. The van der Waals surface area contributed by atoms with Crippen molar-refractivity contribution in [3.8, 4) is 5.75 Å². The first-order valence-corrected chi connectivity index (χ1v) is 8.55. The first-order valence-electron chi connectivity index (χ1n) is 7.26. The Bertz CT molecular complexity index is 519. The van der Waals surface area contributed by atoms with Crippen LogP contribution in [0.3, 0.4) is 0 Å². The van der Waals surface area contributed by atoms with Gasteiger partial charge >= 0.3 is 0 Å². The van der Waals surface area contributed by atoms with E-state index in [-0.39, 0.29) is 5.91 Å². The SMILES string of the molecule is CCC1CCC(NC(=O)c2sccc2OC)(C(N)=S)CC1. The van der Waals surface area contributed by atoms with Crippen LogP contribution in [0, 0.1) is 5.92 Å². The van der Waals surface area contributed by atoms with Gasteiger partial charge in [-0.15, -0.1) is 11.3 Å². The van der Waals surface area contributed by atoms with E-state index in [1.54, 1.807) is 13.2 Å². The highest BCUT2D eigenvalue weighted by atomic mass is 32.1. The number of hydrogen-bond acceptors (Lipinski definition) is 4. The van der Waals surface area contributed by atoms with Gasteiger partial charge in [0.2, 0.25) is 0 Å². The molecular weight excluding hydrogens is 304 g/mol. The van der Waals surface area contributed by atoms with Crippen LogP contribution in [0.15, 0.2) is 11.4 Å². The Morgan fingerprint density at radius 3 is 2.76 bits per heavy atom. The second-order valence-corrected chi connectivity index (χ2v) is 6.93. The van der Waals surface area contributed by atoms with Crippen molar-refractivity contribution >= 4 is 34.5 Å². The third-order valence-electron chi connectivity index (χ3n) is 4.42. The summed E-state index contributed by atoms with van der Waals surface area (Å²) in [4.78, 5) is 13.5. The molecule has 21 heavy (non-hydrogen) atoms. The summed E-state index contributed by atoms with van der Waals surface area (Å²) in [5, 5.41) is 4.92. The molecule has 2 rings (SSSR count). The quantitative estimate of drug-likeness (QED) is 0.816. The number of carbonyl (C=O) groups is 1. The molecule has 1 heterocycles. The average molecular weight is 326 g/mol. The molecule has 0 aromatic carbocycles. The fourth-order valence-electron chi connectivity index (χ4n) is 2.91. The Labute approximate surface area is 135 Å². The Morgan fingerprint density at radius 2 is 2.24 bits per heavy atom. The van der Waals surface area contributed by atoms with Crippen LogP contribution in [0.4, 0.5) is 0 Å². The van der Waals surface area contributed by atoms with Gasteiger partial charge in [0.05, 0.1) is 17.6 Å². The van der Waals surface area contributed by atoms with Crippen LogP contribution >= 0.6 is 23.6 Å². The number of rotatable bonds is 5. The summed E-state index contributed by atoms with van der Waals surface area (Å²) in [5.41, 5.74) is 5.40. The minimum absolute atomic E-state index is 0.149. The van der Waals surface area contributed by atoms with E-state index in [2.05, 4.69) is 12.2 Å². The number of thiocarbonyl (C=S) groups is 1. The molecule has 1 fully saturated rings. The summed E-state index contributed by atoms with van der Waals surface area (Å²) in [6.07, 6.45) is 4.91. The minimum Gasteiger partial charge on any atom is -0.495 e. The van der Waals surface area contributed by atoms with Crippen molar-refractivity contribution in [3.63, 3.8) is 0 Å². The molecule has 3 N–H and O–H groups in total. The Balaban J connectivity index is 2.14. The molecule has 0 spiro atoms. The fourth-order valence-corrected chi connectivity index (χ4v) is 3.92. The van der Waals surface area contributed by atoms with Crippen molar-refractivity contribution in [1.82, 2.24) is 5.32 Å². The van der Waals surface area contributed by atoms with Crippen LogP contribution in [0.25, 0.3) is 0 Å². The highest BCUT2D eigenvalue weighted by Crippen LogP contribution is 2.35. The molecule has 0 saturated heterocycles. The predicted molar refractivity (Wildman–Crippen MR) is 90.1 cm³/mol. The van der Waals surface area contributed by atoms with Gasteiger partial charge in [0.1, 0.15) is 10.6 Å². The molecule has 1 aliphatic carbocycles. The first-order chi connectivity index (χ1) is 10.0. The summed E-state index contributed by atoms with van der Waals surface area (Å²) >= 11 is 6.61. The lowest BCUT2D eigenvalue weighted by molar-refractivity contribution is 0.0900. The van der Waals surface area contributed by atoms with Crippen molar-refractivity contribution < 1.29 is 9.53 Å². The third kappa shape index (κ3) is 3.37. The van der Waals surface area contributed by atoms with Crippen molar-refractivity contribution in [2.24, 2.45) is 11.7 Å². The van der Waals surface area contributed by atoms with Gasteiger partial charge in [0.25, 0.3) is 5.91 Å². The molecule has 1 aromatic rings. The second-order valence-electron chi connectivity index (χ2n) is 5.57. The molecule has 0 atom stereocenters. The standard InChI is InChI=1S/C15H22N2O2S2/c1-3-10-4-7-15(8-5-10,14(16)20)17-13(18)12-11(19-2)6-9-21-12/h6,9-10H,3-5,7-8H2,1-2H3,(H2,16,20)(H,17,18). The van der Waals surface area contributed by atoms with Gasteiger partial charge in [-0.2, -0.15) is 0 Å². The second kappa shape index (κ2) is 6.75. The summed E-state index contributed by atoms with van der Waals surface area (Å²) in [5.74, 6) is 1.16. The van der Waals surface area contributed by atoms with Crippen molar-refractivity contribution in [2.45, 2.75) is 44.6 Å². The van der Waals surface area contributed by atoms with E-state index in [4.69, 9.17) is 22.7 Å². The number of thiophene rings is 1. The molecule has 1 aliphatic rings. The lowest BCUT2D eigenvalue weighted by Gasteiger charge is -2.39. The van der Waals surface area contributed by atoms with Crippen molar-refractivity contribution in [2.75, 3.05) is 7.11 Å². The maximum Gasteiger partial charge on any atom is 0.265 e. The van der Waals surface area contributed by atoms with E-state index in [9.17, 15) is 4.79 Å². The molecule has 1 aromatic heterocycles.